The Morgan fingerprint density at radius 1 is 1.00 bits per heavy atom. The molecule has 1 heterocycles. The number of benzene rings is 2. The third-order valence-electron chi connectivity index (χ3n) is 8.09. The van der Waals surface area contributed by atoms with Gasteiger partial charge < -0.3 is 15.6 Å². The fourth-order valence-corrected chi connectivity index (χ4v) is 6.29. The summed E-state index contributed by atoms with van der Waals surface area (Å²) in [7, 11) is 0. The molecule has 186 valence electrons. The molecule has 5 rings (SSSR count). The van der Waals surface area contributed by atoms with Crippen LogP contribution in [-0.4, -0.2) is 22.6 Å². The molecule has 0 aliphatic heterocycles. The molecule has 0 atom stereocenters. The SMILES string of the molecule is N[C@H]1CC[C@H](NC(=O)CCc2cn(CC3CCCCC3)c3ccc(-c4ccccc4Cl)cc23)CC1. The topological polar surface area (TPSA) is 60.0 Å². The number of fused-ring (bicyclic) bond motifs is 1. The monoisotopic (exact) mass is 491 g/mol. The highest BCUT2D eigenvalue weighted by atomic mass is 35.5. The second-order valence-electron chi connectivity index (χ2n) is 10.7. The molecule has 4 nitrogen and oxygen atoms in total. The summed E-state index contributed by atoms with van der Waals surface area (Å²) in [4.78, 5) is 12.8. The van der Waals surface area contributed by atoms with E-state index >= 15 is 0 Å². The van der Waals surface area contributed by atoms with E-state index in [1.807, 2.05) is 18.2 Å². The van der Waals surface area contributed by atoms with Crippen molar-refractivity contribution >= 4 is 28.4 Å². The number of aromatic nitrogens is 1. The van der Waals surface area contributed by atoms with Gasteiger partial charge in [-0.3, -0.25) is 4.79 Å². The molecule has 2 aromatic carbocycles. The van der Waals surface area contributed by atoms with Crippen LogP contribution in [0.3, 0.4) is 0 Å². The van der Waals surface area contributed by atoms with Gasteiger partial charge >= 0.3 is 0 Å². The second-order valence-corrected chi connectivity index (χ2v) is 11.1. The Balaban J connectivity index is 1.37. The molecule has 5 heteroatoms. The Morgan fingerprint density at radius 3 is 2.54 bits per heavy atom. The molecule has 35 heavy (non-hydrogen) atoms. The van der Waals surface area contributed by atoms with E-state index in [2.05, 4.69) is 40.3 Å². The molecule has 2 saturated carbocycles. The summed E-state index contributed by atoms with van der Waals surface area (Å²) in [6, 6.07) is 15.3. The Kier molecular flexibility index (Phi) is 7.79. The number of hydrogen-bond donors (Lipinski definition) is 2. The van der Waals surface area contributed by atoms with Crippen molar-refractivity contribution in [1.82, 2.24) is 9.88 Å². The lowest BCUT2D eigenvalue weighted by atomic mass is 9.89. The molecule has 3 aromatic rings. The quantitative estimate of drug-likeness (QED) is 0.379. The summed E-state index contributed by atoms with van der Waals surface area (Å²) in [6.07, 6.45) is 14.3. The Labute approximate surface area is 214 Å². The fraction of sp³-hybridized carbons (Fsp3) is 0.500. The lowest BCUT2D eigenvalue weighted by molar-refractivity contribution is -0.122. The van der Waals surface area contributed by atoms with E-state index in [9.17, 15) is 4.79 Å². The molecular formula is C30H38ClN3O. The van der Waals surface area contributed by atoms with Crippen LogP contribution in [0, 0.1) is 5.92 Å². The summed E-state index contributed by atoms with van der Waals surface area (Å²) >= 11 is 6.52. The lowest BCUT2D eigenvalue weighted by Gasteiger charge is -2.26. The van der Waals surface area contributed by atoms with E-state index in [-0.39, 0.29) is 11.9 Å². The third kappa shape index (κ3) is 5.92. The largest absolute Gasteiger partial charge is 0.353 e. The van der Waals surface area contributed by atoms with Crippen LogP contribution >= 0.6 is 11.6 Å². The van der Waals surface area contributed by atoms with Gasteiger partial charge in [-0.2, -0.15) is 0 Å². The molecule has 3 N–H and O–H groups in total. The number of aryl methyl sites for hydroxylation is 1. The number of nitrogens with one attached hydrogen (secondary N) is 1. The van der Waals surface area contributed by atoms with E-state index in [1.54, 1.807) is 0 Å². The van der Waals surface area contributed by atoms with E-state index in [0.717, 1.165) is 60.7 Å². The maximum absolute atomic E-state index is 12.8. The van der Waals surface area contributed by atoms with Crippen LogP contribution in [0.4, 0.5) is 0 Å². The van der Waals surface area contributed by atoms with Gasteiger partial charge in [0.05, 0.1) is 0 Å². The Morgan fingerprint density at radius 2 is 1.77 bits per heavy atom. The standard InChI is InChI=1S/C30H38ClN3O/c31-28-9-5-4-8-26(28)22-10-16-29-27(18-22)23(20-34(29)19-21-6-2-1-3-7-21)11-17-30(35)33-25-14-12-24(32)13-15-25/h4-5,8-10,16,18,20-21,24-25H,1-3,6-7,11-15,17,19,32H2,(H,33,35)/t24-,25-. The molecule has 1 aromatic heterocycles. The van der Waals surface area contributed by atoms with Gasteiger partial charge in [-0.25, -0.2) is 0 Å². The van der Waals surface area contributed by atoms with Gasteiger partial charge in [0.15, 0.2) is 0 Å². The van der Waals surface area contributed by atoms with E-state index in [4.69, 9.17) is 17.3 Å². The van der Waals surface area contributed by atoms with Crippen LogP contribution in [-0.2, 0) is 17.8 Å². The molecule has 0 spiro atoms. The van der Waals surface area contributed by atoms with Gasteiger partial charge in [-0.1, -0.05) is 55.1 Å². The number of carbonyl (C=O) groups is 1. The van der Waals surface area contributed by atoms with Gasteiger partial charge in [0.1, 0.15) is 0 Å². The number of rotatable bonds is 7. The van der Waals surface area contributed by atoms with Crippen molar-refractivity contribution in [3.8, 4) is 11.1 Å². The predicted octanol–water partition coefficient (Wildman–Crippen LogP) is 6.86. The van der Waals surface area contributed by atoms with Crippen molar-refractivity contribution in [3.05, 3.63) is 59.2 Å². The number of halogens is 1. The fourth-order valence-electron chi connectivity index (χ4n) is 6.04. The minimum atomic E-state index is 0.154. The van der Waals surface area contributed by atoms with E-state index < -0.39 is 0 Å². The first-order chi connectivity index (χ1) is 17.1. The minimum Gasteiger partial charge on any atom is -0.353 e. The van der Waals surface area contributed by atoms with Crippen molar-refractivity contribution < 1.29 is 4.79 Å². The minimum absolute atomic E-state index is 0.154. The molecule has 0 saturated heterocycles. The number of hydrogen-bond acceptors (Lipinski definition) is 2. The molecule has 2 aliphatic rings. The van der Waals surface area contributed by atoms with Gasteiger partial charge in [0, 0.05) is 52.7 Å². The number of amides is 1. The van der Waals surface area contributed by atoms with Crippen molar-refractivity contribution in [2.24, 2.45) is 11.7 Å². The van der Waals surface area contributed by atoms with Crippen molar-refractivity contribution in [2.45, 2.75) is 89.3 Å². The summed E-state index contributed by atoms with van der Waals surface area (Å²) in [5.74, 6) is 0.900. The lowest BCUT2D eigenvalue weighted by Crippen LogP contribution is -2.40. The van der Waals surface area contributed by atoms with Crippen LogP contribution in [0.2, 0.25) is 5.02 Å². The molecule has 1 amide bonds. The molecule has 0 radical (unpaired) electrons. The molecule has 2 aliphatic carbocycles. The smallest absolute Gasteiger partial charge is 0.220 e. The summed E-state index contributed by atoms with van der Waals surface area (Å²) in [5.41, 5.74) is 10.7. The highest BCUT2D eigenvalue weighted by molar-refractivity contribution is 6.33. The first-order valence-corrected chi connectivity index (χ1v) is 13.9. The average Bonchev–Trinajstić information content (AvgIpc) is 3.21. The maximum atomic E-state index is 12.8. The maximum Gasteiger partial charge on any atom is 0.220 e. The zero-order chi connectivity index (χ0) is 24.2. The first-order valence-electron chi connectivity index (χ1n) is 13.5. The predicted molar refractivity (Wildman–Crippen MR) is 146 cm³/mol. The third-order valence-corrected chi connectivity index (χ3v) is 8.42. The second kappa shape index (κ2) is 11.2. The first kappa shape index (κ1) is 24.4. The van der Waals surface area contributed by atoms with Crippen molar-refractivity contribution in [1.29, 1.82) is 0 Å². The summed E-state index contributed by atoms with van der Waals surface area (Å²) in [6.45, 7) is 1.07. The molecular weight excluding hydrogens is 454 g/mol. The van der Waals surface area contributed by atoms with Crippen molar-refractivity contribution in [3.63, 3.8) is 0 Å². The Bertz CT molecular complexity index is 1160. The Hall–Kier alpha value is -2.30. The van der Waals surface area contributed by atoms with Crippen LogP contribution in [0.1, 0.15) is 69.8 Å². The van der Waals surface area contributed by atoms with Crippen LogP contribution < -0.4 is 11.1 Å². The average molecular weight is 492 g/mol. The van der Waals surface area contributed by atoms with Gasteiger partial charge in [0.25, 0.3) is 0 Å². The highest BCUT2D eigenvalue weighted by Crippen LogP contribution is 2.34. The van der Waals surface area contributed by atoms with Crippen LogP contribution in [0.15, 0.2) is 48.7 Å². The number of nitrogens with two attached hydrogens (primary N) is 1. The normalized spacial score (nSPS) is 21.3. The van der Waals surface area contributed by atoms with Gasteiger partial charge in [-0.05, 0) is 80.2 Å². The zero-order valence-electron chi connectivity index (χ0n) is 20.6. The molecule has 0 bridgehead atoms. The summed E-state index contributed by atoms with van der Waals surface area (Å²) in [5, 5.41) is 5.27. The van der Waals surface area contributed by atoms with E-state index in [1.165, 1.54) is 48.6 Å². The number of carbonyl (C=O) groups excluding carboxylic acids is 1. The number of nitrogens with zero attached hydrogens (tertiary/aromatic N) is 1. The van der Waals surface area contributed by atoms with Crippen LogP contribution in [0.25, 0.3) is 22.0 Å². The van der Waals surface area contributed by atoms with Gasteiger partial charge in [-0.15, -0.1) is 0 Å². The highest BCUT2D eigenvalue weighted by Gasteiger charge is 2.21. The van der Waals surface area contributed by atoms with Crippen LogP contribution in [0.5, 0.6) is 0 Å². The zero-order valence-corrected chi connectivity index (χ0v) is 21.4. The van der Waals surface area contributed by atoms with E-state index in [0.29, 0.717) is 12.5 Å². The summed E-state index contributed by atoms with van der Waals surface area (Å²) < 4.78 is 2.44. The molecule has 0 unspecified atom stereocenters. The van der Waals surface area contributed by atoms with Crippen molar-refractivity contribution in [2.75, 3.05) is 0 Å². The molecule has 2 fully saturated rings. The van der Waals surface area contributed by atoms with Gasteiger partial charge in [0.2, 0.25) is 5.91 Å².